The van der Waals surface area contributed by atoms with E-state index in [9.17, 15) is 9.59 Å². The number of halogens is 1. The molecule has 0 saturated heterocycles. The maximum absolute atomic E-state index is 10.9. The fourth-order valence-electron chi connectivity index (χ4n) is 1.36. The van der Waals surface area contributed by atoms with Crippen LogP contribution in [0, 0.1) is 0 Å². The van der Waals surface area contributed by atoms with E-state index >= 15 is 0 Å². The first kappa shape index (κ1) is 11.1. The first-order valence-electron chi connectivity index (χ1n) is 4.32. The number of carbonyl (C=O) groups excluding carboxylic acids is 2. The lowest BCUT2D eigenvalue weighted by Crippen LogP contribution is -2.02. The minimum atomic E-state index is -0.228. The van der Waals surface area contributed by atoms with Crippen LogP contribution in [0.4, 0.5) is 0 Å². The number of aldehydes is 2. The average Bonchev–Trinajstić information content (AvgIpc) is 2.26. The van der Waals surface area contributed by atoms with Gasteiger partial charge in [0.15, 0.2) is 6.29 Å². The molecule has 1 aromatic carbocycles. The smallest absolute Gasteiger partial charge is 0.150 e. The van der Waals surface area contributed by atoms with Gasteiger partial charge < -0.3 is 4.79 Å². The van der Waals surface area contributed by atoms with Crippen LogP contribution in [0.1, 0.15) is 34.3 Å². The molecule has 0 aliphatic carbocycles. The molecule has 1 atom stereocenters. The number of hydrogen-bond acceptors (Lipinski definition) is 2. The predicted molar refractivity (Wildman–Crippen MR) is 58.9 cm³/mol. The van der Waals surface area contributed by atoms with E-state index in [-0.39, 0.29) is 5.92 Å². The second-order valence-corrected chi connectivity index (χ2v) is 3.66. The van der Waals surface area contributed by atoms with Crippen molar-refractivity contribution in [3.05, 3.63) is 34.9 Å². The Balaban J connectivity index is 3.28. The van der Waals surface area contributed by atoms with Crippen LogP contribution in [0.15, 0.2) is 18.2 Å². The number of rotatable bonds is 4. The zero-order valence-electron chi connectivity index (χ0n) is 7.87. The molecule has 0 fully saturated rings. The molecule has 1 unspecified atom stereocenters. The SMILES string of the molecule is CC(C=O)c1cccc(CBr)c1C=O. The van der Waals surface area contributed by atoms with Crippen molar-refractivity contribution in [2.45, 2.75) is 18.2 Å². The van der Waals surface area contributed by atoms with Gasteiger partial charge in [-0.2, -0.15) is 0 Å². The van der Waals surface area contributed by atoms with E-state index in [1.54, 1.807) is 6.92 Å². The third-order valence-corrected chi connectivity index (χ3v) is 2.79. The summed E-state index contributed by atoms with van der Waals surface area (Å²) >= 11 is 3.31. The highest BCUT2D eigenvalue weighted by Gasteiger charge is 2.11. The minimum Gasteiger partial charge on any atom is -0.303 e. The van der Waals surface area contributed by atoms with Gasteiger partial charge in [-0.1, -0.05) is 41.1 Å². The Morgan fingerprint density at radius 1 is 1.43 bits per heavy atom. The molecule has 0 aliphatic rings. The molecule has 2 nitrogen and oxygen atoms in total. The van der Waals surface area contributed by atoms with Gasteiger partial charge in [0.25, 0.3) is 0 Å². The summed E-state index contributed by atoms with van der Waals surface area (Å²) in [6.07, 6.45) is 1.66. The molecule has 0 aliphatic heterocycles. The summed E-state index contributed by atoms with van der Waals surface area (Å²) in [5, 5.41) is 0.625. The average molecular weight is 255 g/mol. The third kappa shape index (κ3) is 2.10. The highest BCUT2D eigenvalue weighted by atomic mass is 79.9. The molecule has 0 bridgehead atoms. The summed E-state index contributed by atoms with van der Waals surface area (Å²) in [7, 11) is 0. The molecule has 1 aromatic rings. The van der Waals surface area contributed by atoms with Gasteiger partial charge in [0.05, 0.1) is 0 Å². The van der Waals surface area contributed by atoms with Crippen LogP contribution in [-0.2, 0) is 10.1 Å². The molecule has 3 heteroatoms. The largest absolute Gasteiger partial charge is 0.303 e. The van der Waals surface area contributed by atoms with Crippen LogP contribution in [0.3, 0.4) is 0 Å². The summed E-state index contributed by atoms with van der Waals surface area (Å²) in [5.74, 6) is -0.228. The molecule has 0 aromatic heterocycles. The minimum absolute atomic E-state index is 0.228. The molecule has 0 saturated carbocycles. The number of alkyl halides is 1. The molecule has 0 heterocycles. The summed E-state index contributed by atoms with van der Waals surface area (Å²) in [6.45, 7) is 1.79. The highest BCUT2D eigenvalue weighted by Crippen LogP contribution is 2.21. The molecule has 0 spiro atoms. The molecular weight excluding hydrogens is 244 g/mol. The van der Waals surface area contributed by atoms with Crippen molar-refractivity contribution in [3.8, 4) is 0 Å². The Morgan fingerprint density at radius 2 is 2.14 bits per heavy atom. The van der Waals surface area contributed by atoms with E-state index in [2.05, 4.69) is 15.9 Å². The second-order valence-electron chi connectivity index (χ2n) is 3.10. The zero-order valence-corrected chi connectivity index (χ0v) is 9.45. The first-order chi connectivity index (χ1) is 6.74. The predicted octanol–water partition coefficient (Wildman–Crippen LogP) is 2.70. The summed E-state index contributed by atoms with van der Waals surface area (Å²) in [6, 6.07) is 5.55. The fourth-order valence-corrected chi connectivity index (χ4v) is 1.85. The van der Waals surface area contributed by atoms with Crippen molar-refractivity contribution < 1.29 is 9.59 Å². The summed E-state index contributed by atoms with van der Waals surface area (Å²) in [5.41, 5.74) is 2.35. The lowest BCUT2D eigenvalue weighted by Gasteiger charge is -2.10. The van der Waals surface area contributed by atoms with Gasteiger partial charge in [0, 0.05) is 16.8 Å². The standard InChI is InChI=1S/C11H11BrO2/c1-8(6-13)10-4-2-3-9(5-12)11(10)7-14/h2-4,6-8H,5H2,1H3. The van der Waals surface area contributed by atoms with Crippen LogP contribution in [0.2, 0.25) is 0 Å². The van der Waals surface area contributed by atoms with E-state index in [4.69, 9.17) is 0 Å². The van der Waals surface area contributed by atoms with E-state index < -0.39 is 0 Å². The highest BCUT2D eigenvalue weighted by molar-refractivity contribution is 9.08. The number of hydrogen-bond donors (Lipinski definition) is 0. The van der Waals surface area contributed by atoms with Gasteiger partial charge in [-0.05, 0) is 11.1 Å². The van der Waals surface area contributed by atoms with Gasteiger partial charge in [0.2, 0.25) is 0 Å². The van der Waals surface area contributed by atoms with E-state index in [1.165, 1.54) is 0 Å². The molecule has 0 N–H and O–H groups in total. The normalized spacial score (nSPS) is 12.1. The molecule has 14 heavy (non-hydrogen) atoms. The van der Waals surface area contributed by atoms with Crippen LogP contribution >= 0.6 is 15.9 Å². The van der Waals surface area contributed by atoms with Gasteiger partial charge in [-0.25, -0.2) is 0 Å². The molecule has 0 radical (unpaired) electrons. The van der Waals surface area contributed by atoms with Crippen LogP contribution in [0.5, 0.6) is 0 Å². The van der Waals surface area contributed by atoms with Gasteiger partial charge in [0.1, 0.15) is 6.29 Å². The van der Waals surface area contributed by atoms with E-state index in [0.717, 1.165) is 23.7 Å². The lowest BCUT2D eigenvalue weighted by atomic mass is 9.94. The molecular formula is C11H11BrO2. The quantitative estimate of drug-likeness (QED) is 0.612. The first-order valence-corrected chi connectivity index (χ1v) is 5.45. The van der Waals surface area contributed by atoms with Gasteiger partial charge in [-0.3, -0.25) is 4.79 Å². The van der Waals surface area contributed by atoms with Crippen molar-refractivity contribution in [2.24, 2.45) is 0 Å². The van der Waals surface area contributed by atoms with Crippen molar-refractivity contribution in [2.75, 3.05) is 0 Å². The summed E-state index contributed by atoms with van der Waals surface area (Å²) in [4.78, 5) is 21.5. The maximum atomic E-state index is 10.9. The van der Waals surface area contributed by atoms with Crippen molar-refractivity contribution in [3.63, 3.8) is 0 Å². The maximum Gasteiger partial charge on any atom is 0.150 e. The Kier molecular flexibility index (Phi) is 4.01. The van der Waals surface area contributed by atoms with Crippen molar-refractivity contribution in [1.82, 2.24) is 0 Å². The third-order valence-electron chi connectivity index (χ3n) is 2.19. The lowest BCUT2D eigenvalue weighted by molar-refractivity contribution is -0.108. The molecule has 74 valence electrons. The van der Waals surface area contributed by atoms with Crippen LogP contribution in [0.25, 0.3) is 0 Å². The topological polar surface area (TPSA) is 34.1 Å². The van der Waals surface area contributed by atoms with Crippen LogP contribution in [-0.4, -0.2) is 12.6 Å². The van der Waals surface area contributed by atoms with Crippen molar-refractivity contribution in [1.29, 1.82) is 0 Å². The van der Waals surface area contributed by atoms with E-state index in [1.807, 2.05) is 18.2 Å². The fraction of sp³-hybridized carbons (Fsp3) is 0.273. The van der Waals surface area contributed by atoms with Gasteiger partial charge in [-0.15, -0.1) is 0 Å². The molecule has 0 amide bonds. The Bertz CT molecular complexity index is 347. The Labute approximate surface area is 91.4 Å². The van der Waals surface area contributed by atoms with Gasteiger partial charge >= 0.3 is 0 Å². The monoisotopic (exact) mass is 254 g/mol. The second kappa shape index (κ2) is 5.05. The van der Waals surface area contributed by atoms with Crippen LogP contribution < -0.4 is 0 Å². The number of benzene rings is 1. The number of carbonyl (C=O) groups is 2. The molecule has 1 rings (SSSR count). The summed E-state index contributed by atoms with van der Waals surface area (Å²) < 4.78 is 0. The van der Waals surface area contributed by atoms with E-state index in [0.29, 0.717) is 10.9 Å². The zero-order chi connectivity index (χ0) is 10.6. The Hall–Kier alpha value is -0.960. The Morgan fingerprint density at radius 3 is 2.64 bits per heavy atom. The van der Waals surface area contributed by atoms with Crippen molar-refractivity contribution >= 4 is 28.5 Å².